The van der Waals surface area contributed by atoms with E-state index in [9.17, 15) is 0 Å². The highest BCUT2D eigenvalue weighted by atomic mass is 16.5. The van der Waals surface area contributed by atoms with Crippen molar-refractivity contribution in [3.63, 3.8) is 0 Å². The molecule has 0 unspecified atom stereocenters. The predicted molar refractivity (Wildman–Crippen MR) is 52.2 cm³/mol. The quantitative estimate of drug-likeness (QED) is 0.623. The number of rotatable bonds is 1. The molecule has 0 heterocycles. The van der Waals surface area contributed by atoms with Crippen molar-refractivity contribution in [1.29, 1.82) is 5.26 Å². The van der Waals surface area contributed by atoms with Gasteiger partial charge in [-0.1, -0.05) is 12.8 Å². The molecule has 1 aliphatic rings. The third-order valence-electron chi connectivity index (χ3n) is 2.37. The van der Waals surface area contributed by atoms with Gasteiger partial charge in [0.15, 0.2) is 0 Å². The summed E-state index contributed by atoms with van der Waals surface area (Å²) in [5.41, 5.74) is -0.114. The maximum absolute atomic E-state index is 8.93. The summed E-state index contributed by atoms with van der Waals surface area (Å²) < 4.78 is 5.86. The van der Waals surface area contributed by atoms with E-state index < -0.39 is 0 Å². The van der Waals surface area contributed by atoms with Crippen molar-refractivity contribution in [3.8, 4) is 6.07 Å². The Morgan fingerprint density at radius 2 is 1.85 bits per heavy atom. The van der Waals surface area contributed by atoms with Crippen molar-refractivity contribution >= 4 is 0 Å². The molecule has 0 N–H and O–H groups in total. The molecule has 1 aliphatic carbocycles. The van der Waals surface area contributed by atoms with Gasteiger partial charge >= 0.3 is 0 Å². The topological polar surface area (TPSA) is 33.0 Å². The summed E-state index contributed by atoms with van der Waals surface area (Å²) in [4.78, 5) is 0. The van der Waals surface area contributed by atoms with Crippen molar-refractivity contribution in [1.82, 2.24) is 0 Å². The Bertz CT molecular complexity index is 199. The molecule has 2 heteroatoms. The lowest BCUT2D eigenvalue weighted by Crippen LogP contribution is -2.34. The fourth-order valence-corrected chi connectivity index (χ4v) is 1.84. The molecule has 0 spiro atoms. The molecule has 0 aliphatic heterocycles. The molecule has 0 radical (unpaired) electrons. The third kappa shape index (κ3) is 3.36. The summed E-state index contributed by atoms with van der Waals surface area (Å²) >= 11 is 0. The molecule has 2 atom stereocenters. The zero-order valence-electron chi connectivity index (χ0n) is 8.84. The lowest BCUT2D eigenvalue weighted by atomic mass is 9.87. The SMILES string of the molecule is CC(C)(C)O[C@@H]1CCCC[C@H]1C#N. The van der Waals surface area contributed by atoms with Crippen LogP contribution in [0.2, 0.25) is 0 Å². The van der Waals surface area contributed by atoms with Gasteiger partial charge in [0, 0.05) is 0 Å². The number of hydrogen-bond donors (Lipinski definition) is 0. The van der Waals surface area contributed by atoms with Crippen LogP contribution >= 0.6 is 0 Å². The van der Waals surface area contributed by atoms with Crippen molar-refractivity contribution < 1.29 is 4.74 Å². The lowest BCUT2D eigenvalue weighted by Gasteiger charge is -2.33. The highest BCUT2D eigenvalue weighted by molar-refractivity contribution is 4.92. The molecular weight excluding hydrogens is 162 g/mol. The van der Waals surface area contributed by atoms with Crippen LogP contribution in [0.4, 0.5) is 0 Å². The first-order valence-electron chi connectivity index (χ1n) is 5.10. The standard InChI is InChI=1S/C11H19NO/c1-11(2,3)13-10-7-5-4-6-9(10)8-12/h9-10H,4-7H2,1-3H3/t9-,10+/m0/s1. The fourth-order valence-electron chi connectivity index (χ4n) is 1.84. The highest BCUT2D eigenvalue weighted by Gasteiger charge is 2.29. The molecule has 1 fully saturated rings. The number of hydrogen-bond acceptors (Lipinski definition) is 2. The Morgan fingerprint density at radius 1 is 1.23 bits per heavy atom. The van der Waals surface area contributed by atoms with E-state index in [1.807, 2.05) is 0 Å². The largest absolute Gasteiger partial charge is 0.371 e. The van der Waals surface area contributed by atoms with E-state index in [4.69, 9.17) is 10.00 Å². The van der Waals surface area contributed by atoms with E-state index in [-0.39, 0.29) is 17.6 Å². The Morgan fingerprint density at radius 3 is 2.38 bits per heavy atom. The van der Waals surface area contributed by atoms with Crippen molar-refractivity contribution in [3.05, 3.63) is 0 Å². The molecule has 0 aromatic carbocycles. The lowest BCUT2D eigenvalue weighted by molar-refractivity contribution is -0.0877. The summed E-state index contributed by atoms with van der Waals surface area (Å²) in [5.74, 6) is 0.118. The first-order valence-corrected chi connectivity index (χ1v) is 5.10. The van der Waals surface area contributed by atoms with Gasteiger partial charge in [0.25, 0.3) is 0 Å². The molecular formula is C11H19NO. The van der Waals surface area contributed by atoms with Crippen LogP contribution < -0.4 is 0 Å². The van der Waals surface area contributed by atoms with Gasteiger partial charge in [0.1, 0.15) is 0 Å². The number of nitrogens with zero attached hydrogens (tertiary/aromatic N) is 1. The Kier molecular flexibility index (Phi) is 3.33. The molecule has 0 saturated heterocycles. The monoisotopic (exact) mass is 181 g/mol. The van der Waals surface area contributed by atoms with Crippen LogP contribution in [-0.4, -0.2) is 11.7 Å². The zero-order chi connectivity index (χ0) is 9.90. The van der Waals surface area contributed by atoms with Crippen molar-refractivity contribution in [2.45, 2.75) is 58.2 Å². The van der Waals surface area contributed by atoms with Crippen LogP contribution in [0.15, 0.2) is 0 Å². The minimum absolute atomic E-state index is 0.114. The first-order chi connectivity index (χ1) is 6.03. The molecule has 2 nitrogen and oxygen atoms in total. The summed E-state index contributed by atoms with van der Waals surface area (Å²) in [6.07, 6.45) is 4.62. The van der Waals surface area contributed by atoms with Gasteiger partial charge in [-0.05, 0) is 33.6 Å². The average molecular weight is 181 g/mol. The molecule has 1 saturated carbocycles. The highest BCUT2D eigenvalue weighted by Crippen LogP contribution is 2.29. The van der Waals surface area contributed by atoms with E-state index >= 15 is 0 Å². The van der Waals surface area contributed by atoms with Crippen LogP contribution in [-0.2, 0) is 4.74 Å². The van der Waals surface area contributed by atoms with Crippen LogP contribution in [0.5, 0.6) is 0 Å². The minimum Gasteiger partial charge on any atom is -0.371 e. The summed E-state index contributed by atoms with van der Waals surface area (Å²) in [6.45, 7) is 6.15. The van der Waals surface area contributed by atoms with E-state index in [0.717, 1.165) is 12.8 Å². The maximum atomic E-state index is 8.93. The third-order valence-corrected chi connectivity index (χ3v) is 2.37. The maximum Gasteiger partial charge on any atom is 0.0740 e. The minimum atomic E-state index is -0.114. The molecule has 0 aromatic heterocycles. The molecule has 0 bridgehead atoms. The number of nitriles is 1. The normalized spacial score (nSPS) is 29.7. The smallest absolute Gasteiger partial charge is 0.0740 e. The van der Waals surface area contributed by atoms with Gasteiger partial charge in [0.05, 0.1) is 23.7 Å². The van der Waals surface area contributed by atoms with E-state index in [1.165, 1.54) is 12.8 Å². The first kappa shape index (κ1) is 10.5. The van der Waals surface area contributed by atoms with Crippen molar-refractivity contribution in [2.24, 2.45) is 5.92 Å². The van der Waals surface area contributed by atoms with E-state index in [1.54, 1.807) is 0 Å². The zero-order valence-corrected chi connectivity index (χ0v) is 8.84. The van der Waals surface area contributed by atoms with Gasteiger partial charge in [-0.15, -0.1) is 0 Å². The van der Waals surface area contributed by atoms with Crippen molar-refractivity contribution in [2.75, 3.05) is 0 Å². The van der Waals surface area contributed by atoms with Gasteiger partial charge < -0.3 is 4.74 Å². The van der Waals surface area contributed by atoms with Gasteiger partial charge in [-0.25, -0.2) is 0 Å². The average Bonchev–Trinajstić information content (AvgIpc) is 2.02. The Labute approximate surface area is 80.9 Å². The molecule has 74 valence electrons. The molecule has 1 rings (SSSR count). The Balaban J connectivity index is 2.51. The second-order valence-corrected chi connectivity index (χ2v) is 4.79. The summed E-state index contributed by atoms with van der Waals surface area (Å²) in [7, 11) is 0. The van der Waals surface area contributed by atoms with E-state index in [0.29, 0.717) is 0 Å². The predicted octanol–water partition coefficient (Wildman–Crippen LogP) is 2.88. The molecule has 13 heavy (non-hydrogen) atoms. The molecule has 0 aromatic rings. The Hall–Kier alpha value is -0.550. The van der Waals surface area contributed by atoms with Crippen LogP contribution in [0.1, 0.15) is 46.5 Å². The van der Waals surface area contributed by atoms with Gasteiger partial charge in [-0.2, -0.15) is 5.26 Å². The van der Waals surface area contributed by atoms with Crippen LogP contribution in [0.25, 0.3) is 0 Å². The van der Waals surface area contributed by atoms with E-state index in [2.05, 4.69) is 26.8 Å². The van der Waals surface area contributed by atoms with Crippen LogP contribution in [0.3, 0.4) is 0 Å². The second-order valence-electron chi connectivity index (χ2n) is 4.79. The van der Waals surface area contributed by atoms with Gasteiger partial charge in [-0.3, -0.25) is 0 Å². The second kappa shape index (κ2) is 4.11. The number of ether oxygens (including phenoxy) is 1. The van der Waals surface area contributed by atoms with Crippen LogP contribution in [0, 0.1) is 17.2 Å². The van der Waals surface area contributed by atoms with Gasteiger partial charge in [0.2, 0.25) is 0 Å². The molecule has 0 amide bonds. The summed E-state index contributed by atoms with van der Waals surface area (Å²) in [5, 5.41) is 8.93. The summed E-state index contributed by atoms with van der Waals surface area (Å²) in [6, 6.07) is 2.35. The fraction of sp³-hybridized carbons (Fsp3) is 0.909.